The van der Waals surface area contributed by atoms with Crippen LogP contribution in [0.2, 0.25) is 5.02 Å². The van der Waals surface area contributed by atoms with E-state index in [1.807, 2.05) is 0 Å². The van der Waals surface area contributed by atoms with E-state index in [9.17, 15) is 4.79 Å². The molecule has 2 fully saturated rings. The molecule has 1 amide bonds. The normalized spacial score (nSPS) is 29.1. The number of halogens is 1. The maximum Gasteiger partial charge on any atom is 0.253 e. The van der Waals surface area contributed by atoms with Crippen molar-refractivity contribution in [3.63, 3.8) is 0 Å². The maximum absolute atomic E-state index is 12.4. The molecule has 5 heteroatoms. The molecule has 0 aromatic heterocycles. The quantitative estimate of drug-likeness (QED) is 0.826. The van der Waals surface area contributed by atoms with Crippen LogP contribution in [0.25, 0.3) is 0 Å². The lowest BCUT2D eigenvalue weighted by atomic mass is 9.82. The topological polar surface area (TPSA) is 58.4 Å². The zero-order chi connectivity index (χ0) is 15.0. The average molecular weight is 308 g/mol. The Morgan fingerprint density at radius 2 is 2.00 bits per heavy atom. The number of nitrogens with two attached hydrogens (primary N) is 1. The molecule has 3 rings (SSSR count). The number of rotatable bonds is 2. The molecule has 2 unspecified atom stereocenters. The number of benzene rings is 1. The van der Waals surface area contributed by atoms with Gasteiger partial charge < -0.3 is 16.0 Å². The molecule has 0 spiro atoms. The highest BCUT2D eigenvalue weighted by atomic mass is 35.5. The smallest absolute Gasteiger partial charge is 0.253 e. The van der Waals surface area contributed by atoms with E-state index in [1.165, 1.54) is 19.3 Å². The van der Waals surface area contributed by atoms with Gasteiger partial charge in [0.05, 0.1) is 16.3 Å². The number of nitrogens with one attached hydrogen (secondary N) is 1. The number of hydrogen-bond donors (Lipinski definition) is 2. The van der Waals surface area contributed by atoms with Crippen LogP contribution in [0.4, 0.5) is 5.69 Å². The van der Waals surface area contributed by atoms with Crippen molar-refractivity contribution >= 4 is 23.2 Å². The van der Waals surface area contributed by atoms with Crippen molar-refractivity contribution in [3.05, 3.63) is 28.8 Å². The van der Waals surface area contributed by atoms with E-state index in [0.29, 0.717) is 28.4 Å². The van der Waals surface area contributed by atoms with Gasteiger partial charge in [0.15, 0.2) is 0 Å². The summed E-state index contributed by atoms with van der Waals surface area (Å²) in [6, 6.07) is 6.63. The number of nitrogens with zero attached hydrogens (tertiary/aromatic N) is 1. The second kappa shape index (κ2) is 5.85. The molecule has 3 N–H and O–H groups in total. The first kappa shape index (κ1) is 14.7. The van der Waals surface area contributed by atoms with Crippen molar-refractivity contribution in [2.24, 2.45) is 0 Å². The molecule has 0 aliphatic carbocycles. The van der Waals surface area contributed by atoms with Crippen LogP contribution < -0.4 is 11.1 Å². The van der Waals surface area contributed by atoms with Gasteiger partial charge in [0.25, 0.3) is 5.91 Å². The number of hydrogen-bond acceptors (Lipinski definition) is 3. The van der Waals surface area contributed by atoms with Crippen molar-refractivity contribution in [2.75, 3.05) is 12.8 Å². The first-order valence-corrected chi connectivity index (χ1v) is 8.01. The molecule has 114 valence electrons. The van der Waals surface area contributed by atoms with E-state index in [2.05, 4.69) is 17.3 Å². The zero-order valence-electron chi connectivity index (χ0n) is 12.3. The van der Waals surface area contributed by atoms with E-state index in [1.54, 1.807) is 18.2 Å². The lowest BCUT2D eigenvalue weighted by Crippen LogP contribution is -2.55. The Kier molecular flexibility index (Phi) is 4.09. The lowest BCUT2D eigenvalue weighted by Gasteiger charge is -2.47. The Labute approximate surface area is 130 Å². The van der Waals surface area contributed by atoms with Gasteiger partial charge in [-0.2, -0.15) is 0 Å². The molecule has 2 saturated heterocycles. The summed E-state index contributed by atoms with van der Waals surface area (Å²) in [4.78, 5) is 14.9. The predicted molar refractivity (Wildman–Crippen MR) is 85.5 cm³/mol. The van der Waals surface area contributed by atoms with E-state index in [0.717, 1.165) is 12.8 Å². The summed E-state index contributed by atoms with van der Waals surface area (Å²) >= 11 is 6.13. The van der Waals surface area contributed by atoms with Gasteiger partial charge in [-0.05, 0) is 44.9 Å². The molecule has 2 heterocycles. The number of fused-ring (bicyclic) bond motifs is 2. The van der Waals surface area contributed by atoms with Gasteiger partial charge >= 0.3 is 0 Å². The molecule has 0 saturated carbocycles. The van der Waals surface area contributed by atoms with Crippen molar-refractivity contribution in [3.8, 4) is 0 Å². The highest BCUT2D eigenvalue weighted by molar-refractivity contribution is 6.36. The van der Waals surface area contributed by atoms with E-state index in [-0.39, 0.29) is 11.9 Å². The Bertz CT molecular complexity index is 534. The average Bonchev–Trinajstić information content (AvgIpc) is 2.43. The molecule has 2 atom stereocenters. The monoisotopic (exact) mass is 307 g/mol. The van der Waals surface area contributed by atoms with Crippen molar-refractivity contribution in [1.29, 1.82) is 0 Å². The maximum atomic E-state index is 12.4. The van der Waals surface area contributed by atoms with Crippen LogP contribution >= 0.6 is 11.6 Å². The summed E-state index contributed by atoms with van der Waals surface area (Å²) in [6.45, 7) is 0. The number of carbonyl (C=O) groups excluding carboxylic acids is 1. The molecule has 4 nitrogen and oxygen atoms in total. The summed E-state index contributed by atoms with van der Waals surface area (Å²) in [5.41, 5.74) is 6.69. The molecular weight excluding hydrogens is 286 g/mol. The zero-order valence-corrected chi connectivity index (χ0v) is 13.1. The molecule has 2 bridgehead atoms. The number of anilines is 1. The fraction of sp³-hybridized carbons (Fsp3) is 0.562. The number of amides is 1. The fourth-order valence-corrected chi connectivity index (χ4v) is 3.93. The molecule has 0 radical (unpaired) electrons. The Morgan fingerprint density at radius 1 is 1.33 bits per heavy atom. The van der Waals surface area contributed by atoms with Gasteiger partial charge in [0.2, 0.25) is 0 Å². The largest absolute Gasteiger partial charge is 0.398 e. The minimum absolute atomic E-state index is 0.111. The van der Waals surface area contributed by atoms with Crippen LogP contribution in [0, 0.1) is 0 Å². The first-order chi connectivity index (χ1) is 10.1. The van der Waals surface area contributed by atoms with Gasteiger partial charge in [0.1, 0.15) is 0 Å². The van der Waals surface area contributed by atoms with Crippen molar-refractivity contribution in [2.45, 2.75) is 50.2 Å². The van der Waals surface area contributed by atoms with Crippen LogP contribution in [-0.4, -0.2) is 36.0 Å². The third-order valence-corrected chi connectivity index (χ3v) is 5.37. The van der Waals surface area contributed by atoms with Crippen LogP contribution in [-0.2, 0) is 0 Å². The van der Waals surface area contributed by atoms with E-state index < -0.39 is 0 Å². The summed E-state index contributed by atoms with van der Waals surface area (Å²) < 4.78 is 0. The summed E-state index contributed by atoms with van der Waals surface area (Å²) in [6.07, 6.45) is 5.83. The highest BCUT2D eigenvalue weighted by Gasteiger charge is 2.36. The van der Waals surface area contributed by atoms with Crippen molar-refractivity contribution < 1.29 is 4.79 Å². The SMILES string of the molecule is CN1C2CCCC1CC(NC(=O)c1cccc(N)c1Cl)C2. The third-order valence-electron chi connectivity index (χ3n) is 4.95. The molecule has 1 aromatic carbocycles. The van der Waals surface area contributed by atoms with Crippen LogP contribution in [0.1, 0.15) is 42.5 Å². The second-order valence-corrected chi connectivity index (χ2v) is 6.63. The summed E-state index contributed by atoms with van der Waals surface area (Å²) in [5.74, 6) is -0.111. The Balaban J connectivity index is 1.69. The molecule has 2 aliphatic heterocycles. The summed E-state index contributed by atoms with van der Waals surface area (Å²) in [7, 11) is 2.21. The second-order valence-electron chi connectivity index (χ2n) is 6.25. The fourth-order valence-electron chi connectivity index (χ4n) is 3.72. The Hall–Kier alpha value is -1.26. The van der Waals surface area contributed by atoms with Gasteiger partial charge in [-0.15, -0.1) is 0 Å². The minimum atomic E-state index is -0.111. The van der Waals surface area contributed by atoms with E-state index in [4.69, 9.17) is 17.3 Å². The summed E-state index contributed by atoms with van der Waals surface area (Å²) in [5, 5.41) is 3.50. The lowest BCUT2D eigenvalue weighted by molar-refractivity contribution is 0.0463. The van der Waals surface area contributed by atoms with Gasteiger partial charge in [-0.3, -0.25) is 4.79 Å². The number of piperidine rings is 2. The Morgan fingerprint density at radius 3 is 2.67 bits per heavy atom. The molecule has 21 heavy (non-hydrogen) atoms. The number of carbonyl (C=O) groups is 1. The van der Waals surface area contributed by atoms with Crippen LogP contribution in [0.5, 0.6) is 0 Å². The van der Waals surface area contributed by atoms with Crippen LogP contribution in [0.3, 0.4) is 0 Å². The van der Waals surface area contributed by atoms with Crippen molar-refractivity contribution in [1.82, 2.24) is 10.2 Å². The van der Waals surface area contributed by atoms with Gasteiger partial charge in [0, 0.05) is 18.1 Å². The van der Waals surface area contributed by atoms with Gasteiger partial charge in [-0.25, -0.2) is 0 Å². The molecule has 1 aromatic rings. The van der Waals surface area contributed by atoms with Gasteiger partial charge in [-0.1, -0.05) is 24.1 Å². The first-order valence-electron chi connectivity index (χ1n) is 7.63. The minimum Gasteiger partial charge on any atom is -0.398 e. The third kappa shape index (κ3) is 2.87. The van der Waals surface area contributed by atoms with Crippen LogP contribution in [0.15, 0.2) is 18.2 Å². The molecule has 2 aliphatic rings. The standard InChI is InChI=1S/C16H22ClN3O/c1-20-11-4-2-5-12(20)9-10(8-11)19-16(21)13-6-3-7-14(18)15(13)17/h3,6-7,10-12H,2,4-5,8-9,18H2,1H3,(H,19,21). The predicted octanol–water partition coefficient (Wildman–Crippen LogP) is 2.67. The molecular formula is C16H22ClN3O. The van der Waals surface area contributed by atoms with E-state index >= 15 is 0 Å². The number of nitrogen functional groups attached to an aromatic ring is 1. The highest BCUT2D eigenvalue weighted by Crippen LogP contribution is 2.33.